The maximum atomic E-state index is 11.0. The Hall–Kier alpha value is -0.200. The molecule has 0 fully saturated rings. The van der Waals surface area contributed by atoms with Gasteiger partial charge in [-0.05, 0) is 4.53 Å². The van der Waals surface area contributed by atoms with Crippen LogP contribution in [0.25, 0.3) is 0 Å². The monoisotopic (exact) mass is 158 g/mol. The first-order valence-electron chi connectivity index (χ1n) is 2.14. The highest BCUT2D eigenvalue weighted by Gasteiger charge is 2.09. The van der Waals surface area contributed by atoms with E-state index in [0.29, 0.717) is 0 Å². The molecule has 0 aromatic heterocycles. The predicted molar refractivity (Wildman–Crippen MR) is 27.9 cm³/mol. The normalized spacial score (nSPS) is 11.8. The van der Waals surface area contributed by atoms with E-state index in [2.05, 4.69) is 9.12 Å². The van der Waals surface area contributed by atoms with Gasteiger partial charge in [0, 0.05) is 7.11 Å². The molecule has 6 heteroatoms. The van der Waals surface area contributed by atoms with Gasteiger partial charge in [-0.15, -0.1) is 0 Å². The molecule has 0 aromatic rings. The number of methoxy groups -OCH3 is 1. The summed E-state index contributed by atoms with van der Waals surface area (Å²) in [6, 6.07) is 0. The third-order valence-corrected chi connectivity index (χ3v) is 1.49. The van der Waals surface area contributed by atoms with Crippen molar-refractivity contribution in [3.8, 4) is 0 Å². The molecule has 0 saturated carbocycles. The average molecular weight is 158 g/mol. The molecule has 4 nitrogen and oxygen atoms in total. The lowest BCUT2D eigenvalue weighted by Crippen LogP contribution is -2.10. The van der Waals surface area contributed by atoms with E-state index >= 15 is 0 Å². The van der Waals surface area contributed by atoms with Crippen LogP contribution >= 0.6 is 0 Å². The Morgan fingerprint density at radius 2 is 2.11 bits per heavy atom. The van der Waals surface area contributed by atoms with E-state index in [9.17, 15) is 12.9 Å². The van der Waals surface area contributed by atoms with Gasteiger partial charge in [0.15, 0.2) is 0 Å². The van der Waals surface area contributed by atoms with Crippen molar-refractivity contribution in [2.75, 3.05) is 19.5 Å². The number of rotatable bonds is 4. The average Bonchev–Trinajstić information content (AvgIpc) is 1.84. The van der Waals surface area contributed by atoms with Crippen molar-refractivity contribution in [1.82, 2.24) is 0 Å². The minimum Gasteiger partial charge on any atom is -0.384 e. The first-order chi connectivity index (χ1) is 4.12. The van der Waals surface area contributed by atoms with Crippen molar-refractivity contribution in [2.45, 2.75) is 0 Å². The lowest BCUT2D eigenvalue weighted by molar-refractivity contribution is 0.00204. The quantitative estimate of drug-likeness (QED) is 0.571. The fraction of sp³-hybridized carbons (Fsp3) is 1.00. The Balaban J connectivity index is 3.61. The zero-order chi connectivity index (χ0) is 7.33. The van der Waals surface area contributed by atoms with Gasteiger partial charge in [-0.2, -0.15) is 8.42 Å². The zero-order valence-electron chi connectivity index (χ0n) is 4.83. The summed E-state index contributed by atoms with van der Waals surface area (Å²) in [5.41, 5.74) is 0. The molecule has 56 valence electrons. The molecule has 0 aliphatic carbocycles. The summed E-state index contributed by atoms with van der Waals surface area (Å²) >= 11 is 0. The van der Waals surface area contributed by atoms with Crippen molar-refractivity contribution < 1.29 is 22.1 Å². The molecular formula is C3H7FO4S. The highest BCUT2D eigenvalue weighted by atomic mass is 32.2. The van der Waals surface area contributed by atoms with Crippen molar-refractivity contribution in [1.29, 1.82) is 0 Å². The van der Waals surface area contributed by atoms with Crippen LogP contribution in [-0.4, -0.2) is 27.9 Å². The van der Waals surface area contributed by atoms with Crippen LogP contribution in [0, 0.1) is 0 Å². The maximum absolute atomic E-state index is 11.0. The van der Waals surface area contributed by atoms with Crippen molar-refractivity contribution in [3.05, 3.63) is 0 Å². The summed E-state index contributed by atoms with van der Waals surface area (Å²) in [4.78, 5) is 0. The Morgan fingerprint density at radius 1 is 1.56 bits per heavy atom. The number of halogens is 1. The standard InChI is InChI=1S/C3H7FO4S/c1-7-2-3-9(5,6)8-4/h2-3H2,1H3. The van der Waals surface area contributed by atoms with Gasteiger partial charge in [-0.25, -0.2) is 0 Å². The number of hydrogen-bond donors (Lipinski definition) is 0. The molecule has 0 aliphatic heterocycles. The third kappa shape index (κ3) is 4.31. The minimum atomic E-state index is -3.97. The van der Waals surface area contributed by atoms with Crippen LogP contribution in [0.1, 0.15) is 0 Å². The molecule has 0 atom stereocenters. The fourth-order valence-electron chi connectivity index (χ4n) is 0.217. The van der Waals surface area contributed by atoms with E-state index < -0.39 is 15.9 Å². The van der Waals surface area contributed by atoms with Gasteiger partial charge in [0.2, 0.25) is 0 Å². The van der Waals surface area contributed by atoms with Crippen LogP contribution in [0.3, 0.4) is 0 Å². The van der Waals surface area contributed by atoms with Crippen LogP contribution in [-0.2, 0) is 19.2 Å². The second-order valence-corrected chi connectivity index (χ2v) is 2.97. The largest absolute Gasteiger partial charge is 0.384 e. The highest BCUT2D eigenvalue weighted by Crippen LogP contribution is 1.91. The summed E-state index contributed by atoms with van der Waals surface area (Å²) in [7, 11) is -2.66. The highest BCUT2D eigenvalue weighted by molar-refractivity contribution is 7.86. The van der Waals surface area contributed by atoms with Crippen LogP contribution in [0.2, 0.25) is 0 Å². The van der Waals surface area contributed by atoms with Crippen LogP contribution < -0.4 is 0 Å². The van der Waals surface area contributed by atoms with Gasteiger partial charge >= 0.3 is 0 Å². The molecule has 0 saturated heterocycles. The molecular weight excluding hydrogens is 151 g/mol. The maximum Gasteiger partial charge on any atom is 0.300 e. The topological polar surface area (TPSA) is 52.6 Å². The van der Waals surface area contributed by atoms with Gasteiger partial charge < -0.3 is 4.74 Å². The fourth-order valence-corrected chi connectivity index (χ4v) is 0.651. The Kier molecular flexibility index (Phi) is 3.67. The summed E-state index contributed by atoms with van der Waals surface area (Å²) < 4.78 is 38.1. The lowest BCUT2D eigenvalue weighted by Gasteiger charge is -1.94. The molecule has 0 aliphatic rings. The first kappa shape index (κ1) is 8.80. The van der Waals surface area contributed by atoms with Crippen molar-refractivity contribution in [2.24, 2.45) is 0 Å². The van der Waals surface area contributed by atoms with E-state index in [1.807, 2.05) is 0 Å². The van der Waals surface area contributed by atoms with E-state index in [1.165, 1.54) is 7.11 Å². The smallest absolute Gasteiger partial charge is 0.300 e. The van der Waals surface area contributed by atoms with E-state index in [4.69, 9.17) is 0 Å². The van der Waals surface area contributed by atoms with Gasteiger partial charge in [0.1, 0.15) is 5.75 Å². The Morgan fingerprint density at radius 3 is 2.44 bits per heavy atom. The Bertz CT molecular complexity index is 151. The molecule has 0 radical (unpaired) electrons. The van der Waals surface area contributed by atoms with Gasteiger partial charge in [0.25, 0.3) is 10.1 Å². The van der Waals surface area contributed by atoms with Crippen LogP contribution in [0.15, 0.2) is 0 Å². The molecule has 9 heavy (non-hydrogen) atoms. The molecule has 0 unspecified atom stereocenters. The van der Waals surface area contributed by atoms with Gasteiger partial charge in [-0.1, -0.05) is 4.39 Å². The molecule has 0 rings (SSSR count). The van der Waals surface area contributed by atoms with Crippen molar-refractivity contribution >= 4 is 10.1 Å². The summed E-state index contributed by atoms with van der Waals surface area (Å²) in [5.74, 6) is -0.458. The van der Waals surface area contributed by atoms with Crippen LogP contribution in [0.5, 0.6) is 0 Å². The Labute approximate surface area is 52.6 Å². The number of ether oxygens (including phenoxy) is 1. The van der Waals surface area contributed by atoms with E-state index in [1.54, 1.807) is 0 Å². The SMILES string of the molecule is COCCS(=O)(=O)OF. The molecule has 0 bridgehead atoms. The summed E-state index contributed by atoms with van der Waals surface area (Å²) in [6.07, 6.45) is 0. The number of hydrogen-bond acceptors (Lipinski definition) is 4. The van der Waals surface area contributed by atoms with Crippen molar-refractivity contribution in [3.63, 3.8) is 0 Å². The van der Waals surface area contributed by atoms with Gasteiger partial charge in [-0.3, -0.25) is 0 Å². The van der Waals surface area contributed by atoms with E-state index in [0.717, 1.165) is 0 Å². The van der Waals surface area contributed by atoms with E-state index in [-0.39, 0.29) is 6.61 Å². The van der Waals surface area contributed by atoms with Crippen LogP contribution in [0.4, 0.5) is 4.53 Å². The summed E-state index contributed by atoms with van der Waals surface area (Å²) in [5, 5.41) is 0. The molecule has 0 aromatic carbocycles. The van der Waals surface area contributed by atoms with Gasteiger partial charge in [0.05, 0.1) is 6.61 Å². The summed E-state index contributed by atoms with van der Waals surface area (Å²) in [6.45, 7) is -0.0632. The molecule has 0 spiro atoms. The molecule has 0 heterocycles. The lowest BCUT2D eigenvalue weighted by atomic mass is 10.9. The molecule has 0 amide bonds. The third-order valence-electron chi connectivity index (χ3n) is 0.633. The first-order valence-corrected chi connectivity index (χ1v) is 3.72. The molecule has 0 N–H and O–H groups in total. The minimum absolute atomic E-state index is 0.0632. The second kappa shape index (κ2) is 3.76. The second-order valence-electron chi connectivity index (χ2n) is 1.32. The zero-order valence-corrected chi connectivity index (χ0v) is 5.65. The predicted octanol–water partition coefficient (Wildman–Crippen LogP) is -0.136.